The van der Waals surface area contributed by atoms with E-state index in [0.717, 1.165) is 11.1 Å². The highest BCUT2D eigenvalue weighted by Crippen LogP contribution is 2.16. The Bertz CT molecular complexity index is 750. The minimum absolute atomic E-state index is 0.00984. The van der Waals surface area contributed by atoms with Crippen molar-refractivity contribution in [2.45, 2.75) is 13.8 Å². The molecular formula is C17H18FN3O3. The number of para-hydroxylation sites is 1. The molecule has 0 radical (unpaired) electrons. The average Bonchev–Trinajstić information content (AvgIpc) is 2.56. The molecule has 0 aromatic heterocycles. The summed E-state index contributed by atoms with van der Waals surface area (Å²) < 4.78 is 18.7. The second-order valence-corrected chi connectivity index (χ2v) is 5.14. The summed E-state index contributed by atoms with van der Waals surface area (Å²) in [7, 11) is 0. The van der Waals surface area contributed by atoms with Gasteiger partial charge in [-0.3, -0.25) is 10.2 Å². The summed E-state index contributed by atoms with van der Waals surface area (Å²) >= 11 is 0. The number of anilines is 1. The molecule has 0 fully saturated rings. The summed E-state index contributed by atoms with van der Waals surface area (Å²) in [6, 6.07) is 10.4. The first-order valence-corrected chi connectivity index (χ1v) is 7.26. The van der Waals surface area contributed by atoms with Gasteiger partial charge in [-0.25, -0.2) is 14.6 Å². The number of carbonyl (C=O) groups is 2. The predicted octanol–water partition coefficient (Wildman–Crippen LogP) is 2.67. The summed E-state index contributed by atoms with van der Waals surface area (Å²) in [5, 5.41) is 2.27. The van der Waals surface area contributed by atoms with Gasteiger partial charge >= 0.3 is 6.03 Å². The quantitative estimate of drug-likeness (QED) is 0.754. The number of benzene rings is 2. The fraction of sp³-hybridized carbons (Fsp3) is 0.176. The number of rotatable bonds is 4. The van der Waals surface area contributed by atoms with Gasteiger partial charge in [-0.1, -0.05) is 18.2 Å². The number of hydrogen-bond acceptors (Lipinski definition) is 3. The van der Waals surface area contributed by atoms with E-state index >= 15 is 0 Å². The number of hydrazine groups is 1. The van der Waals surface area contributed by atoms with E-state index in [1.54, 1.807) is 12.1 Å². The van der Waals surface area contributed by atoms with Crippen LogP contribution >= 0.6 is 0 Å². The van der Waals surface area contributed by atoms with Gasteiger partial charge in [0, 0.05) is 0 Å². The molecule has 3 N–H and O–H groups in total. The van der Waals surface area contributed by atoms with Gasteiger partial charge in [-0.05, 0) is 49.2 Å². The van der Waals surface area contributed by atoms with Crippen molar-refractivity contribution in [2.24, 2.45) is 0 Å². The van der Waals surface area contributed by atoms with Crippen LogP contribution in [0.4, 0.5) is 14.9 Å². The molecule has 126 valence electrons. The van der Waals surface area contributed by atoms with Gasteiger partial charge in [0.05, 0.1) is 5.69 Å². The highest BCUT2D eigenvalue weighted by Gasteiger charge is 2.08. The Balaban J connectivity index is 1.75. The third-order valence-electron chi connectivity index (χ3n) is 3.29. The summed E-state index contributed by atoms with van der Waals surface area (Å²) in [5.41, 5.74) is 6.47. The van der Waals surface area contributed by atoms with Crippen LogP contribution in [0.5, 0.6) is 5.75 Å². The van der Waals surface area contributed by atoms with E-state index < -0.39 is 17.8 Å². The maximum atomic E-state index is 13.4. The molecule has 0 aliphatic rings. The Morgan fingerprint density at radius 2 is 1.79 bits per heavy atom. The predicted molar refractivity (Wildman–Crippen MR) is 88.1 cm³/mol. The SMILES string of the molecule is Cc1ccc(OCC(=O)NNC(=O)Nc2ccccc2F)cc1C. The molecule has 2 aromatic rings. The van der Waals surface area contributed by atoms with E-state index in [1.165, 1.54) is 18.2 Å². The zero-order chi connectivity index (χ0) is 17.5. The third kappa shape index (κ3) is 4.98. The number of carbonyl (C=O) groups excluding carboxylic acids is 2. The molecule has 24 heavy (non-hydrogen) atoms. The van der Waals surface area contributed by atoms with Crippen molar-refractivity contribution in [1.29, 1.82) is 0 Å². The van der Waals surface area contributed by atoms with E-state index in [1.807, 2.05) is 26.0 Å². The number of amides is 3. The molecule has 0 saturated heterocycles. The van der Waals surface area contributed by atoms with Crippen molar-refractivity contribution >= 4 is 17.6 Å². The first-order valence-electron chi connectivity index (χ1n) is 7.26. The van der Waals surface area contributed by atoms with Gasteiger partial charge in [0.2, 0.25) is 0 Å². The van der Waals surface area contributed by atoms with E-state index in [0.29, 0.717) is 5.75 Å². The van der Waals surface area contributed by atoms with Gasteiger partial charge in [0.15, 0.2) is 6.61 Å². The van der Waals surface area contributed by atoms with Crippen LogP contribution in [-0.4, -0.2) is 18.5 Å². The lowest BCUT2D eigenvalue weighted by Gasteiger charge is -2.11. The Morgan fingerprint density at radius 3 is 2.50 bits per heavy atom. The Morgan fingerprint density at radius 1 is 1.04 bits per heavy atom. The number of halogens is 1. The number of aryl methyl sites for hydroxylation is 2. The first-order chi connectivity index (χ1) is 11.5. The first kappa shape index (κ1) is 17.3. The number of urea groups is 1. The fourth-order valence-corrected chi connectivity index (χ4v) is 1.83. The summed E-state index contributed by atoms with van der Waals surface area (Å²) in [6.07, 6.45) is 0. The Hall–Kier alpha value is -3.09. The van der Waals surface area contributed by atoms with Gasteiger partial charge in [0.1, 0.15) is 11.6 Å². The molecule has 6 nitrogen and oxygen atoms in total. The molecule has 0 atom stereocenters. The molecule has 2 rings (SSSR count). The topological polar surface area (TPSA) is 79.5 Å². The minimum atomic E-state index is -0.764. The second-order valence-electron chi connectivity index (χ2n) is 5.14. The largest absolute Gasteiger partial charge is 0.484 e. The van der Waals surface area contributed by atoms with Crippen molar-refractivity contribution in [1.82, 2.24) is 10.9 Å². The molecule has 0 aliphatic carbocycles. The van der Waals surface area contributed by atoms with Gasteiger partial charge < -0.3 is 10.1 Å². The normalized spacial score (nSPS) is 9.96. The highest BCUT2D eigenvalue weighted by molar-refractivity contribution is 5.91. The smallest absolute Gasteiger partial charge is 0.338 e. The number of hydrogen-bond donors (Lipinski definition) is 3. The van der Waals surface area contributed by atoms with Crippen molar-refractivity contribution in [2.75, 3.05) is 11.9 Å². The highest BCUT2D eigenvalue weighted by atomic mass is 19.1. The standard InChI is InChI=1S/C17H18FN3O3/c1-11-7-8-13(9-12(11)2)24-10-16(22)20-21-17(23)19-15-6-4-3-5-14(15)18/h3-9H,10H2,1-2H3,(H,20,22)(H2,19,21,23). The summed E-state index contributed by atoms with van der Waals surface area (Å²) in [5.74, 6) is -0.557. The number of nitrogens with one attached hydrogen (secondary N) is 3. The molecule has 0 saturated carbocycles. The zero-order valence-electron chi connectivity index (χ0n) is 13.4. The van der Waals surface area contributed by atoms with E-state index in [9.17, 15) is 14.0 Å². The monoisotopic (exact) mass is 331 g/mol. The summed E-state index contributed by atoms with van der Waals surface area (Å²) in [4.78, 5) is 23.2. The van der Waals surface area contributed by atoms with Crippen molar-refractivity contribution in [3.63, 3.8) is 0 Å². The molecule has 2 aromatic carbocycles. The van der Waals surface area contributed by atoms with Gasteiger partial charge in [-0.2, -0.15) is 0 Å². The van der Waals surface area contributed by atoms with Crippen LogP contribution in [0.1, 0.15) is 11.1 Å². The number of ether oxygens (including phenoxy) is 1. The third-order valence-corrected chi connectivity index (χ3v) is 3.29. The van der Waals surface area contributed by atoms with Crippen molar-refractivity contribution in [3.8, 4) is 5.75 Å². The molecule has 0 unspecified atom stereocenters. The summed E-state index contributed by atoms with van der Waals surface area (Å²) in [6.45, 7) is 3.66. The average molecular weight is 331 g/mol. The second kappa shape index (κ2) is 7.96. The molecule has 7 heteroatoms. The molecule has 0 spiro atoms. The maximum absolute atomic E-state index is 13.4. The minimum Gasteiger partial charge on any atom is -0.484 e. The Kier molecular flexibility index (Phi) is 5.73. The molecule has 0 bridgehead atoms. The molecule has 0 heterocycles. The molecule has 3 amide bonds. The van der Waals surface area contributed by atoms with Crippen LogP contribution in [0.2, 0.25) is 0 Å². The lowest BCUT2D eigenvalue weighted by Crippen LogP contribution is -2.45. The lowest BCUT2D eigenvalue weighted by molar-refractivity contribution is -0.123. The van der Waals surface area contributed by atoms with Gasteiger partial charge in [0.25, 0.3) is 5.91 Å². The van der Waals surface area contributed by atoms with Crippen LogP contribution in [-0.2, 0) is 4.79 Å². The van der Waals surface area contributed by atoms with Crippen molar-refractivity contribution in [3.05, 3.63) is 59.4 Å². The maximum Gasteiger partial charge on any atom is 0.338 e. The zero-order valence-corrected chi connectivity index (χ0v) is 13.4. The van der Waals surface area contributed by atoms with E-state index in [4.69, 9.17) is 4.74 Å². The molecule has 0 aliphatic heterocycles. The van der Waals surface area contributed by atoms with Crippen LogP contribution in [0.15, 0.2) is 42.5 Å². The molecular weight excluding hydrogens is 313 g/mol. The fourth-order valence-electron chi connectivity index (χ4n) is 1.83. The van der Waals surface area contributed by atoms with Crippen molar-refractivity contribution < 1.29 is 18.7 Å². The van der Waals surface area contributed by atoms with Crippen LogP contribution in [0.3, 0.4) is 0 Å². The van der Waals surface area contributed by atoms with Crippen LogP contribution in [0, 0.1) is 19.7 Å². The van der Waals surface area contributed by atoms with Gasteiger partial charge in [-0.15, -0.1) is 0 Å². The lowest BCUT2D eigenvalue weighted by atomic mass is 10.1. The van der Waals surface area contributed by atoms with E-state index in [-0.39, 0.29) is 12.3 Å². The van der Waals surface area contributed by atoms with E-state index in [2.05, 4.69) is 16.2 Å². The van der Waals surface area contributed by atoms with Crippen LogP contribution in [0.25, 0.3) is 0 Å². The van der Waals surface area contributed by atoms with Crippen LogP contribution < -0.4 is 20.9 Å². The Labute approximate surface area is 139 Å².